The van der Waals surface area contributed by atoms with Gasteiger partial charge in [0.1, 0.15) is 10.7 Å². The van der Waals surface area contributed by atoms with E-state index >= 15 is 0 Å². The molecule has 0 bridgehead atoms. The molecule has 1 atom stereocenters. The Morgan fingerprint density at radius 3 is 2.52 bits per heavy atom. The second-order valence-electron chi connectivity index (χ2n) is 8.72. The maximum Gasteiger partial charge on any atom is 0.515 e. The molecule has 2 heterocycles. The maximum absolute atomic E-state index is 12.8. The fraction of sp³-hybridized carbons (Fsp3) is 0.348. The van der Waals surface area contributed by atoms with Crippen LogP contribution in [-0.2, 0) is 9.53 Å². The zero-order valence-corrected chi connectivity index (χ0v) is 19.2. The Morgan fingerprint density at radius 2 is 1.88 bits per heavy atom. The van der Waals surface area contributed by atoms with Gasteiger partial charge in [0.05, 0.1) is 18.1 Å². The molecule has 10 heteroatoms. The van der Waals surface area contributed by atoms with Gasteiger partial charge in [0.2, 0.25) is 0 Å². The molecule has 0 fully saturated rings. The molecule has 10 nitrogen and oxygen atoms in total. The smallest absolute Gasteiger partial charge is 0.424 e. The molecule has 1 aliphatic rings. The summed E-state index contributed by atoms with van der Waals surface area (Å²) in [6, 6.07) is 8.86. The number of carbonyl (C=O) groups is 2. The van der Waals surface area contributed by atoms with E-state index in [4.69, 9.17) is 9.47 Å². The van der Waals surface area contributed by atoms with E-state index in [1.54, 1.807) is 20.2 Å². The number of likely N-dealkylation sites (N-methyl/N-ethyl adjacent to an activating group) is 1. The molecule has 0 radical (unpaired) electrons. The van der Waals surface area contributed by atoms with Crippen LogP contribution in [0.15, 0.2) is 40.1 Å². The van der Waals surface area contributed by atoms with Gasteiger partial charge in [-0.05, 0) is 17.1 Å². The van der Waals surface area contributed by atoms with Gasteiger partial charge >= 0.3 is 6.16 Å². The molecule has 1 amide bonds. The third kappa shape index (κ3) is 5.85. The van der Waals surface area contributed by atoms with Gasteiger partial charge < -0.3 is 24.7 Å². The molecule has 2 aromatic rings. The lowest BCUT2D eigenvalue weighted by molar-refractivity contribution is -0.132. The van der Waals surface area contributed by atoms with Gasteiger partial charge in [-0.15, -0.1) is 0 Å². The molecule has 1 unspecified atom stereocenters. The Morgan fingerprint density at radius 1 is 1.18 bits per heavy atom. The summed E-state index contributed by atoms with van der Waals surface area (Å²) in [5.41, 5.74) is 0.465. The number of hydrogen-bond acceptors (Lipinski definition) is 8. The van der Waals surface area contributed by atoms with Crippen molar-refractivity contribution in [3.8, 4) is 5.88 Å². The minimum atomic E-state index is -1.13. The van der Waals surface area contributed by atoms with Gasteiger partial charge in [-0.2, -0.15) is 0 Å². The van der Waals surface area contributed by atoms with Crippen LogP contribution >= 0.6 is 0 Å². The number of nitrogens with one attached hydrogen (secondary N) is 2. The SMILES string of the molecule is CN(C)C(=O)COC(=O)Oc1n/c(=C\c2ccccc2)c(=O)[nH]/c1=C1\N=CNC1C(C)(C)C. The lowest BCUT2D eigenvalue weighted by Gasteiger charge is -2.27. The lowest BCUT2D eigenvalue weighted by Crippen LogP contribution is -2.43. The average Bonchev–Trinajstić information content (AvgIpc) is 3.25. The summed E-state index contributed by atoms with van der Waals surface area (Å²) in [7, 11) is 3.08. The van der Waals surface area contributed by atoms with Gasteiger partial charge in [-0.3, -0.25) is 9.59 Å². The third-order valence-corrected chi connectivity index (χ3v) is 4.84. The van der Waals surface area contributed by atoms with E-state index in [0.29, 0.717) is 5.70 Å². The minimum Gasteiger partial charge on any atom is -0.424 e. The number of nitrogens with zero attached hydrogens (tertiary/aromatic N) is 3. The predicted molar refractivity (Wildman–Crippen MR) is 123 cm³/mol. The third-order valence-electron chi connectivity index (χ3n) is 4.84. The molecule has 1 aliphatic heterocycles. The van der Waals surface area contributed by atoms with Gasteiger partial charge in [0.15, 0.2) is 6.61 Å². The van der Waals surface area contributed by atoms with E-state index in [2.05, 4.69) is 20.3 Å². The first-order valence-electron chi connectivity index (χ1n) is 10.3. The highest BCUT2D eigenvalue weighted by Gasteiger charge is 2.32. The van der Waals surface area contributed by atoms with Gasteiger partial charge in [0, 0.05) is 14.1 Å². The molecule has 1 aromatic heterocycles. The van der Waals surface area contributed by atoms with Crippen LogP contribution in [0.2, 0.25) is 0 Å². The normalized spacial score (nSPS) is 17.5. The number of benzene rings is 1. The molecule has 2 N–H and O–H groups in total. The maximum atomic E-state index is 12.8. The number of ether oxygens (including phenoxy) is 2. The number of hydrogen-bond donors (Lipinski definition) is 2. The number of aromatic nitrogens is 2. The van der Waals surface area contributed by atoms with Crippen LogP contribution in [0.1, 0.15) is 26.3 Å². The average molecular weight is 453 g/mol. The topological polar surface area (TPSA) is 126 Å². The number of amides is 1. The molecular weight excluding hydrogens is 426 g/mol. The van der Waals surface area contributed by atoms with Crippen LogP contribution in [0.25, 0.3) is 11.8 Å². The van der Waals surface area contributed by atoms with Crippen molar-refractivity contribution < 1.29 is 19.1 Å². The Balaban J connectivity index is 2.10. The van der Waals surface area contributed by atoms with Crippen LogP contribution in [0.3, 0.4) is 0 Å². The summed E-state index contributed by atoms with van der Waals surface area (Å²) in [5.74, 6) is -0.587. The number of H-pyrrole nitrogens is 1. The second kappa shape index (κ2) is 9.68. The van der Waals surface area contributed by atoms with Crippen molar-refractivity contribution in [2.24, 2.45) is 10.4 Å². The van der Waals surface area contributed by atoms with E-state index < -0.39 is 24.2 Å². The van der Waals surface area contributed by atoms with Crippen molar-refractivity contribution in [1.82, 2.24) is 20.2 Å². The van der Waals surface area contributed by atoms with Crippen LogP contribution < -0.4 is 26.3 Å². The van der Waals surface area contributed by atoms with Gasteiger partial charge in [-0.25, -0.2) is 14.8 Å². The Bertz CT molecular complexity index is 1240. The monoisotopic (exact) mass is 453 g/mol. The summed E-state index contributed by atoms with van der Waals surface area (Å²) >= 11 is 0. The molecular formula is C23H27N5O5. The van der Waals surface area contributed by atoms with Gasteiger partial charge in [-0.1, -0.05) is 51.1 Å². The van der Waals surface area contributed by atoms with E-state index in [1.807, 2.05) is 51.1 Å². The van der Waals surface area contributed by atoms with E-state index in [1.165, 1.54) is 11.2 Å². The molecule has 1 aromatic carbocycles. The first-order chi connectivity index (χ1) is 15.6. The second-order valence-corrected chi connectivity index (χ2v) is 8.72. The van der Waals surface area contributed by atoms with Crippen molar-refractivity contribution in [2.45, 2.75) is 26.8 Å². The number of aliphatic imine (C=N–C) groups is 1. The van der Waals surface area contributed by atoms with Crippen molar-refractivity contribution in [2.75, 3.05) is 20.7 Å². The number of aromatic amines is 1. The van der Waals surface area contributed by atoms with Crippen LogP contribution in [0.4, 0.5) is 4.79 Å². The molecule has 0 spiro atoms. The first kappa shape index (κ1) is 23.7. The van der Waals surface area contributed by atoms with Gasteiger partial charge in [0.25, 0.3) is 17.3 Å². The molecule has 0 saturated carbocycles. The molecule has 174 valence electrons. The quantitative estimate of drug-likeness (QED) is 0.640. The predicted octanol–water partition coefficient (Wildman–Crippen LogP) is 0.357. The first-order valence-corrected chi connectivity index (χ1v) is 10.3. The minimum absolute atomic E-state index is 0.0416. The molecule has 33 heavy (non-hydrogen) atoms. The van der Waals surface area contributed by atoms with Crippen LogP contribution in [0, 0.1) is 5.41 Å². The summed E-state index contributed by atoms with van der Waals surface area (Å²) in [6.07, 6.45) is 1.96. The number of carbonyl (C=O) groups excluding carboxylic acids is 2. The lowest BCUT2D eigenvalue weighted by atomic mass is 9.85. The van der Waals surface area contributed by atoms with Crippen LogP contribution in [-0.4, -0.2) is 60.0 Å². The molecule has 3 rings (SSSR count). The largest absolute Gasteiger partial charge is 0.515 e. The number of rotatable bonds is 4. The summed E-state index contributed by atoms with van der Waals surface area (Å²) < 4.78 is 10.2. The van der Waals surface area contributed by atoms with Crippen molar-refractivity contribution in [3.05, 3.63) is 56.9 Å². The van der Waals surface area contributed by atoms with Crippen molar-refractivity contribution >= 4 is 30.2 Å². The zero-order chi connectivity index (χ0) is 24.2. The van der Waals surface area contributed by atoms with Crippen molar-refractivity contribution in [3.63, 3.8) is 0 Å². The summed E-state index contributed by atoms with van der Waals surface area (Å²) in [5, 5.41) is 3.34. The molecule has 0 aliphatic carbocycles. The fourth-order valence-corrected chi connectivity index (χ4v) is 3.06. The summed E-state index contributed by atoms with van der Waals surface area (Å²) in [6.45, 7) is 5.52. The van der Waals surface area contributed by atoms with E-state index in [9.17, 15) is 14.4 Å². The van der Waals surface area contributed by atoms with E-state index in [-0.39, 0.29) is 28.0 Å². The summed E-state index contributed by atoms with van der Waals surface area (Å²) in [4.78, 5) is 49.5. The van der Waals surface area contributed by atoms with Crippen molar-refractivity contribution in [1.29, 1.82) is 0 Å². The van der Waals surface area contributed by atoms with E-state index in [0.717, 1.165) is 5.56 Å². The highest BCUT2D eigenvalue weighted by molar-refractivity contribution is 5.79. The zero-order valence-electron chi connectivity index (χ0n) is 19.2. The Kier molecular flexibility index (Phi) is 6.95. The Hall–Kier alpha value is -3.95. The van der Waals surface area contributed by atoms with Crippen LogP contribution in [0.5, 0.6) is 5.88 Å². The standard InChI is InChI=1S/C23H27N5O5/c1-23(2,3)19-17(24-13-25-19)18-21(33-22(31)32-12-16(29)28(4)5)26-15(20(30)27-18)11-14-9-7-6-8-10-14/h6-11,13,19H,12H2,1-5H3,(H,24,25)(H,27,30)/b15-11-,18-17-. The Labute approximate surface area is 190 Å². The molecule has 0 saturated heterocycles. The fourth-order valence-electron chi connectivity index (χ4n) is 3.06. The highest BCUT2D eigenvalue weighted by Crippen LogP contribution is 2.28. The highest BCUT2D eigenvalue weighted by atomic mass is 16.7.